The summed E-state index contributed by atoms with van der Waals surface area (Å²) in [5, 5.41) is 31.4. The fraction of sp³-hybridized carbons (Fsp3) is 0.310. The van der Waals surface area contributed by atoms with E-state index in [-0.39, 0.29) is 11.1 Å². The number of rotatable bonds is 9. The van der Waals surface area contributed by atoms with E-state index in [0.29, 0.717) is 17.7 Å². The summed E-state index contributed by atoms with van der Waals surface area (Å²) in [5.74, 6) is -5.05. The average Bonchev–Trinajstić information content (AvgIpc) is 3.44. The lowest BCUT2D eigenvalue weighted by Gasteiger charge is -2.35. The van der Waals surface area contributed by atoms with Crippen LogP contribution in [-0.4, -0.2) is 47.0 Å². The van der Waals surface area contributed by atoms with Crippen LogP contribution in [-0.2, 0) is 18.1 Å². The van der Waals surface area contributed by atoms with E-state index in [2.05, 4.69) is 32.4 Å². The van der Waals surface area contributed by atoms with Gasteiger partial charge in [-0.2, -0.15) is 8.78 Å². The first-order valence-corrected chi connectivity index (χ1v) is 12.6. The Kier molecular flexibility index (Phi) is 8.62. The largest absolute Gasteiger partial charge is 0.388 e. The summed E-state index contributed by atoms with van der Waals surface area (Å²) in [6.07, 6.45) is -0.827. The summed E-state index contributed by atoms with van der Waals surface area (Å²) in [4.78, 5) is 3.72. The number of aromatic nitrogens is 5. The molecule has 2 aromatic carbocycles. The Labute approximate surface area is 241 Å². The van der Waals surface area contributed by atoms with Gasteiger partial charge in [-0.15, -0.1) is 5.10 Å². The minimum atomic E-state index is -4.24. The number of alkyl halides is 5. The third-order valence-electron chi connectivity index (χ3n) is 6.73. The van der Waals surface area contributed by atoms with E-state index in [1.807, 2.05) is 0 Å². The maximum Gasteiger partial charge on any atom is 0.323 e. The second-order valence-electron chi connectivity index (χ2n) is 10.3. The Balaban J connectivity index is 1.55. The van der Waals surface area contributed by atoms with Crippen molar-refractivity contribution < 1.29 is 40.9 Å². The van der Waals surface area contributed by atoms with Crippen LogP contribution in [0.25, 0.3) is 0 Å². The summed E-state index contributed by atoms with van der Waals surface area (Å²) >= 11 is 0. The molecule has 4 aromatic rings. The van der Waals surface area contributed by atoms with E-state index in [4.69, 9.17) is 0 Å². The zero-order valence-corrected chi connectivity index (χ0v) is 22.6. The Morgan fingerprint density at radius 2 is 1.56 bits per heavy atom. The van der Waals surface area contributed by atoms with Crippen molar-refractivity contribution in [3.63, 3.8) is 0 Å². The Hall–Kier alpha value is -4.35. The molecule has 0 saturated heterocycles. The molecule has 226 valence electrons. The van der Waals surface area contributed by atoms with E-state index >= 15 is 8.78 Å². The normalized spacial score (nSPS) is 14.5. The number of aliphatic hydroxyl groups is 2. The highest BCUT2D eigenvalue weighted by atomic mass is 19.3. The minimum Gasteiger partial charge on any atom is -0.388 e. The third kappa shape index (κ3) is 6.68. The van der Waals surface area contributed by atoms with Crippen molar-refractivity contribution in [2.75, 3.05) is 0 Å². The van der Waals surface area contributed by atoms with Gasteiger partial charge in [0, 0.05) is 35.4 Å². The lowest BCUT2D eigenvalue weighted by atomic mass is 9.84. The van der Waals surface area contributed by atoms with Gasteiger partial charge in [-0.25, -0.2) is 26.6 Å². The van der Waals surface area contributed by atoms with Gasteiger partial charge in [0.2, 0.25) is 0 Å². The first-order valence-electron chi connectivity index (χ1n) is 12.6. The van der Waals surface area contributed by atoms with Crippen molar-refractivity contribution >= 4 is 0 Å². The van der Waals surface area contributed by atoms with Crippen LogP contribution in [0.15, 0.2) is 67.1 Å². The second kappa shape index (κ2) is 11.7. The number of nitrogens with zero attached hydrogens (tertiary/aromatic N) is 5. The molecule has 0 aliphatic heterocycles. The maximum atomic E-state index is 15.8. The van der Waals surface area contributed by atoms with Crippen LogP contribution in [0.4, 0.5) is 30.7 Å². The standard InChI is InChI=1S/C29H24F7N5O2/c1-26(2,32)28(33,34)14-24(42)20-8-5-18(6-9-20)3-4-19-7-12-25(37-15-19)29(35,36)27(43,16-41-17-38-39-40-41)22-11-10-21(30)13-23(22)31/h5-13,15,17,24,42-43H,14,16H2,1-2H3. The highest BCUT2D eigenvalue weighted by Gasteiger charge is 2.58. The first kappa shape index (κ1) is 31.6. The van der Waals surface area contributed by atoms with Gasteiger partial charge >= 0.3 is 5.92 Å². The van der Waals surface area contributed by atoms with Crippen LogP contribution in [0, 0.1) is 23.5 Å². The van der Waals surface area contributed by atoms with Gasteiger partial charge in [0.05, 0.1) is 12.6 Å². The zero-order chi connectivity index (χ0) is 31.6. The molecule has 0 bridgehead atoms. The molecule has 0 radical (unpaired) electrons. The van der Waals surface area contributed by atoms with Crippen LogP contribution in [0.3, 0.4) is 0 Å². The van der Waals surface area contributed by atoms with E-state index in [9.17, 15) is 32.2 Å². The number of benzene rings is 2. The second-order valence-corrected chi connectivity index (χ2v) is 10.3. The predicted molar refractivity (Wildman–Crippen MR) is 138 cm³/mol. The molecular weight excluding hydrogens is 583 g/mol. The molecule has 0 fully saturated rings. The van der Waals surface area contributed by atoms with Gasteiger partial charge in [-0.1, -0.05) is 24.0 Å². The Morgan fingerprint density at radius 1 is 0.907 bits per heavy atom. The highest BCUT2D eigenvalue weighted by Crippen LogP contribution is 2.46. The molecule has 0 aliphatic rings. The first-order chi connectivity index (χ1) is 20.0. The molecule has 2 aromatic heterocycles. The number of aliphatic hydroxyl groups excluding tert-OH is 1. The maximum absolute atomic E-state index is 15.8. The molecule has 7 nitrogen and oxygen atoms in total. The highest BCUT2D eigenvalue weighted by molar-refractivity contribution is 5.43. The summed E-state index contributed by atoms with van der Waals surface area (Å²) in [5.41, 5.74) is -7.31. The minimum absolute atomic E-state index is 0.120. The quantitative estimate of drug-likeness (QED) is 0.200. The van der Waals surface area contributed by atoms with Gasteiger partial charge in [0.15, 0.2) is 11.3 Å². The van der Waals surface area contributed by atoms with Gasteiger partial charge in [-0.3, -0.25) is 4.98 Å². The van der Waals surface area contributed by atoms with Crippen LogP contribution in [0.1, 0.15) is 54.3 Å². The number of hydrogen-bond donors (Lipinski definition) is 2. The molecule has 14 heteroatoms. The van der Waals surface area contributed by atoms with Crippen LogP contribution < -0.4 is 0 Å². The molecular formula is C29H24F7N5O2. The average molecular weight is 608 g/mol. The fourth-order valence-electron chi connectivity index (χ4n) is 4.07. The van der Waals surface area contributed by atoms with Crippen molar-refractivity contribution in [2.24, 2.45) is 0 Å². The summed E-state index contributed by atoms with van der Waals surface area (Å²) in [6.45, 7) is 0.443. The van der Waals surface area contributed by atoms with Crippen molar-refractivity contribution in [3.05, 3.63) is 107 Å². The van der Waals surface area contributed by atoms with Crippen LogP contribution in [0.5, 0.6) is 0 Å². The molecule has 0 aliphatic carbocycles. The van der Waals surface area contributed by atoms with Crippen molar-refractivity contribution in [2.45, 2.75) is 56.0 Å². The molecule has 2 unspecified atom stereocenters. The van der Waals surface area contributed by atoms with Gasteiger partial charge in [0.25, 0.3) is 5.92 Å². The number of tetrazole rings is 1. The fourth-order valence-corrected chi connectivity index (χ4v) is 4.07. The summed E-state index contributed by atoms with van der Waals surface area (Å²) in [6, 6.07) is 9.37. The number of hydrogen-bond acceptors (Lipinski definition) is 6. The number of halogens is 7. The Bertz CT molecular complexity index is 1610. The van der Waals surface area contributed by atoms with Crippen molar-refractivity contribution in [1.29, 1.82) is 0 Å². The van der Waals surface area contributed by atoms with Gasteiger partial charge < -0.3 is 10.2 Å². The molecule has 4 rings (SSSR count). The predicted octanol–water partition coefficient (Wildman–Crippen LogP) is 5.23. The lowest BCUT2D eigenvalue weighted by Crippen LogP contribution is -2.48. The van der Waals surface area contributed by atoms with Crippen LogP contribution in [0.2, 0.25) is 0 Å². The van der Waals surface area contributed by atoms with E-state index < -0.39 is 65.1 Å². The smallest absolute Gasteiger partial charge is 0.323 e. The Morgan fingerprint density at radius 3 is 2.12 bits per heavy atom. The van der Waals surface area contributed by atoms with Gasteiger partial charge in [0.1, 0.15) is 23.7 Å². The van der Waals surface area contributed by atoms with Gasteiger partial charge in [-0.05, 0) is 66.2 Å². The topological polar surface area (TPSA) is 97.0 Å². The lowest BCUT2D eigenvalue weighted by molar-refractivity contribution is -0.207. The molecule has 2 heterocycles. The number of pyridine rings is 1. The molecule has 43 heavy (non-hydrogen) atoms. The van der Waals surface area contributed by atoms with E-state index in [1.165, 1.54) is 30.3 Å². The van der Waals surface area contributed by atoms with Crippen LogP contribution >= 0.6 is 0 Å². The van der Waals surface area contributed by atoms with Crippen molar-refractivity contribution in [3.8, 4) is 11.8 Å². The van der Waals surface area contributed by atoms with E-state index in [1.54, 1.807) is 0 Å². The molecule has 0 spiro atoms. The summed E-state index contributed by atoms with van der Waals surface area (Å²) < 4.78 is 102. The summed E-state index contributed by atoms with van der Waals surface area (Å²) in [7, 11) is 0. The molecule has 2 N–H and O–H groups in total. The van der Waals surface area contributed by atoms with Crippen molar-refractivity contribution in [1.82, 2.24) is 25.2 Å². The SMILES string of the molecule is CC(C)(F)C(F)(F)CC(O)c1ccc(C#Cc2ccc(C(F)(F)C(O)(Cn3cnnn3)c3ccc(F)cc3F)nc2)cc1. The third-order valence-corrected chi connectivity index (χ3v) is 6.73. The van der Waals surface area contributed by atoms with E-state index in [0.717, 1.165) is 43.2 Å². The molecule has 0 saturated carbocycles. The zero-order valence-electron chi connectivity index (χ0n) is 22.6. The molecule has 0 amide bonds. The monoisotopic (exact) mass is 607 g/mol. The molecule has 2 atom stereocenters.